The quantitative estimate of drug-likeness (QED) is 0.369. The van der Waals surface area contributed by atoms with Crippen LogP contribution in [0.4, 0.5) is 0 Å². The van der Waals surface area contributed by atoms with Crippen molar-refractivity contribution in [2.45, 2.75) is 13.2 Å². The zero-order valence-corrected chi connectivity index (χ0v) is 7.38. The van der Waals surface area contributed by atoms with Gasteiger partial charge in [0.05, 0.1) is 25.4 Å². The van der Waals surface area contributed by atoms with E-state index < -0.39 is 10.8 Å². The van der Waals surface area contributed by atoms with Gasteiger partial charge in [-0.1, -0.05) is 0 Å². The SMILES string of the molecule is CC(O[Cl+2]([O-])[O-])[N+](C)(C)C. The molecule has 0 bridgehead atoms. The molecule has 62 valence electrons. The summed E-state index contributed by atoms with van der Waals surface area (Å²) in [5, 5.41) is 0. The minimum Gasteiger partial charge on any atom is -0.320 e. The van der Waals surface area contributed by atoms with Crippen LogP contribution in [-0.4, -0.2) is 31.9 Å². The minimum atomic E-state index is -2.10. The van der Waals surface area contributed by atoms with Crippen LogP contribution in [0.1, 0.15) is 6.92 Å². The summed E-state index contributed by atoms with van der Waals surface area (Å²) in [6.45, 7) is 1.69. The van der Waals surface area contributed by atoms with E-state index >= 15 is 0 Å². The van der Waals surface area contributed by atoms with Crippen molar-refractivity contribution in [3.8, 4) is 0 Å². The van der Waals surface area contributed by atoms with Gasteiger partial charge in [-0.3, -0.25) is 4.48 Å². The third-order valence-corrected chi connectivity index (χ3v) is 1.70. The first kappa shape index (κ1) is 10.1. The van der Waals surface area contributed by atoms with Crippen molar-refractivity contribution >= 4 is 0 Å². The van der Waals surface area contributed by atoms with Gasteiger partial charge in [0.25, 0.3) is 17.0 Å². The van der Waals surface area contributed by atoms with Gasteiger partial charge in [-0.25, -0.2) is 0 Å². The van der Waals surface area contributed by atoms with Crippen LogP contribution in [0.2, 0.25) is 0 Å². The second-order valence-electron chi connectivity index (χ2n) is 2.99. The second-order valence-corrected chi connectivity index (χ2v) is 3.55. The third-order valence-electron chi connectivity index (χ3n) is 1.29. The Morgan fingerprint density at radius 1 is 1.30 bits per heavy atom. The first-order chi connectivity index (χ1) is 4.34. The van der Waals surface area contributed by atoms with E-state index in [1.54, 1.807) is 6.92 Å². The predicted molar refractivity (Wildman–Crippen MR) is 28.6 cm³/mol. The van der Waals surface area contributed by atoms with E-state index in [2.05, 4.69) is 4.29 Å². The highest BCUT2D eigenvalue weighted by Crippen LogP contribution is 2.03. The first-order valence-electron chi connectivity index (χ1n) is 2.88. The highest BCUT2D eigenvalue weighted by molar-refractivity contribution is 4.21. The Morgan fingerprint density at radius 2 is 1.70 bits per heavy atom. The van der Waals surface area contributed by atoms with Gasteiger partial charge >= 0.3 is 0 Å². The molecule has 0 aromatic rings. The lowest BCUT2D eigenvalue weighted by molar-refractivity contribution is -1.64. The van der Waals surface area contributed by atoms with Crippen LogP contribution in [0.25, 0.3) is 0 Å². The number of hydrogen-bond donors (Lipinski definition) is 0. The minimum absolute atomic E-state index is 0.351. The Labute approximate surface area is 64.0 Å². The van der Waals surface area contributed by atoms with Gasteiger partial charge < -0.3 is 9.32 Å². The molecule has 0 amide bonds. The highest BCUT2D eigenvalue weighted by atomic mass is 35.6. The Kier molecular flexibility index (Phi) is 3.55. The summed E-state index contributed by atoms with van der Waals surface area (Å²) < 4.78 is 24.9. The summed E-state index contributed by atoms with van der Waals surface area (Å²) in [7, 11) is 3.46. The molecule has 4 nitrogen and oxygen atoms in total. The summed E-state index contributed by atoms with van der Waals surface area (Å²) in [5.74, 6) is 0. The molecule has 5 heteroatoms. The molecule has 0 spiro atoms. The Bertz CT molecular complexity index is 102. The smallest absolute Gasteiger partial charge is 0.295 e. The van der Waals surface area contributed by atoms with Crippen molar-refractivity contribution in [3.63, 3.8) is 0 Å². The van der Waals surface area contributed by atoms with E-state index in [-0.39, 0.29) is 6.23 Å². The van der Waals surface area contributed by atoms with Crippen LogP contribution in [-0.2, 0) is 4.29 Å². The number of nitrogens with zero attached hydrogens (tertiary/aromatic N) is 1. The lowest BCUT2D eigenvalue weighted by Gasteiger charge is -2.25. The van der Waals surface area contributed by atoms with Crippen LogP contribution in [0.5, 0.6) is 0 Å². The van der Waals surface area contributed by atoms with Crippen molar-refractivity contribution in [2.24, 2.45) is 0 Å². The zero-order valence-electron chi connectivity index (χ0n) is 6.63. The molecule has 0 heterocycles. The average Bonchev–Trinajstić information content (AvgIpc) is 1.60. The first-order valence-corrected chi connectivity index (χ1v) is 3.80. The lowest BCUT2D eigenvalue weighted by atomic mass is 10.5. The Hall–Kier alpha value is 0.130. The van der Waals surface area contributed by atoms with Crippen LogP contribution < -0.4 is 9.32 Å². The number of quaternary nitrogens is 1. The van der Waals surface area contributed by atoms with Gasteiger partial charge in [0.15, 0.2) is 0 Å². The summed E-state index contributed by atoms with van der Waals surface area (Å²) in [6.07, 6.45) is -0.351. The molecular weight excluding hydrogens is 158 g/mol. The number of halogens is 1. The van der Waals surface area contributed by atoms with Crippen molar-refractivity contribution in [3.05, 3.63) is 0 Å². The molecule has 0 aromatic carbocycles. The van der Waals surface area contributed by atoms with Crippen molar-refractivity contribution < 1.29 is 28.9 Å². The highest BCUT2D eigenvalue weighted by Gasteiger charge is 2.29. The van der Waals surface area contributed by atoms with Crippen molar-refractivity contribution in [1.82, 2.24) is 0 Å². The van der Waals surface area contributed by atoms with Gasteiger partial charge in [0.2, 0.25) is 0 Å². The molecule has 1 atom stereocenters. The summed E-state index contributed by atoms with van der Waals surface area (Å²) in [5.41, 5.74) is 0. The maximum Gasteiger partial charge on any atom is 0.295 e. The average molecular weight is 171 g/mol. The molecule has 0 saturated heterocycles. The van der Waals surface area contributed by atoms with Gasteiger partial charge in [0, 0.05) is 6.92 Å². The molecule has 1 unspecified atom stereocenters. The Morgan fingerprint density at radius 3 is 1.80 bits per heavy atom. The van der Waals surface area contributed by atoms with E-state index in [0.717, 1.165) is 0 Å². The fraction of sp³-hybridized carbons (Fsp3) is 1.00. The monoisotopic (exact) mass is 170 g/mol. The van der Waals surface area contributed by atoms with E-state index in [9.17, 15) is 9.32 Å². The van der Waals surface area contributed by atoms with E-state index in [1.165, 1.54) is 0 Å². The molecule has 0 aromatic heterocycles. The molecule has 10 heavy (non-hydrogen) atoms. The molecule has 0 fully saturated rings. The number of rotatable bonds is 3. The third kappa shape index (κ3) is 4.03. The summed E-state index contributed by atoms with van der Waals surface area (Å²) >= 11 is 0. The van der Waals surface area contributed by atoms with Crippen LogP contribution in [0.3, 0.4) is 0 Å². The maximum absolute atomic E-state index is 9.99. The fourth-order valence-electron chi connectivity index (χ4n) is 0.225. The normalized spacial score (nSPS) is 15.9. The largest absolute Gasteiger partial charge is 0.320 e. The van der Waals surface area contributed by atoms with Crippen LogP contribution in [0, 0.1) is 10.8 Å². The van der Waals surface area contributed by atoms with Crippen LogP contribution >= 0.6 is 0 Å². The molecule has 0 radical (unpaired) electrons. The molecule has 0 aliphatic carbocycles. The standard InChI is InChI=1S/C5H13ClNO3/c1-5(7(2,3)4)10-6(8)9/h5H,1-4H3/q+1. The number of hydrogen-bond acceptors (Lipinski definition) is 3. The van der Waals surface area contributed by atoms with Crippen molar-refractivity contribution in [1.29, 1.82) is 0 Å². The lowest BCUT2D eigenvalue weighted by Crippen LogP contribution is -2.49. The van der Waals surface area contributed by atoms with Crippen molar-refractivity contribution in [2.75, 3.05) is 21.1 Å². The van der Waals surface area contributed by atoms with E-state index in [1.807, 2.05) is 21.1 Å². The van der Waals surface area contributed by atoms with E-state index in [4.69, 9.17) is 0 Å². The fourth-order valence-corrected chi connectivity index (χ4v) is 0.674. The van der Waals surface area contributed by atoms with Gasteiger partial charge in [-0.05, 0) is 0 Å². The second kappa shape index (κ2) is 3.50. The molecule has 0 N–H and O–H groups in total. The molecule has 0 saturated carbocycles. The van der Waals surface area contributed by atoms with Gasteiger partial charge in [-0.15, -0.1) is 0 Å². The van der Waals surface area contributed by atoms with Gasteiger partial charge in [0.1, 0.15) is 0 Å². The van der Waals surface area contributed by atoms with Crippen LogP contribution in [0.15, 0.2) is 0 Å². The summed E-state index contributed by atoms with van der Waals surface area (Å²) in [4.78, 5) is 0. The topological polar surface area (TPSA) is 55.3 Å². The molecule has 0 rings (SSSR count). The van der Waals surface area contributed by atoms with Gasteiger partial charge in [-0.2, -0.15) is 0 Å². The maximum atomic E-state index is 9.99. The Balaban J connectivity index is 3.73. The molecule has 0 aliphatic rings. The summed E-state index contributed by atoms with van der Waals surface area (Å²) in [6, 6.07) is 0. The predicted octanol–water partition coefficient (Wildman–Crippen LogP) is -1.86. The zero-order chi connectivity index (χ0) is 8.36. The molecule has 0 aliphatic heterocycles. The molecular formula is C5H13ClNO3+. The van der Waals surface area contributed by atoms with E-state index in [0.29, 0.717) is 4.48 Å².